The number of carbonyl (C=O) groups is 2. The van der Waals surface area contributed by atoms with E-state index in [0.717, 1.165) is 9.26 Å². The van der Waals surface area contributed by atoms with E-state index in [9.17, 15) is 9.59 Å². The zero-order valence-corrected chi connectivity index (χ0v) is 14.5. The first-order valence-corrected chi connectivity index (χ1v) is 7.87. The van der Waals surface area contributed by atoms with Crippen molar-refractivity contribution in [2.75, 3.05) is 5.32 Å². The van der Waals surface area contributed by atoms with Gasteiger partial charge < -0.3 is 10.1 Å². The first-order valence-electron chi connectivity index (χ1n) is 6.80. The summed E-state index contributed by atoms with van der Waals surface area (Å²) in [5.41, 5.74) is 1.28. The molecule has 1 N–H and O–H groups in total. The standard InChI is InChI=1S/C17H16INO3/c1-11(20)13-4-3-5-16(10-13)22-12(2)17(21)19-15-8-6-14(18)7-9-15/h3-10,12H,1-2H3,(H,19,21). The fourth-order valence-corrected chi connectivity index (χ4v) is 2.18. The number of ketones is 1. The molecule has 0 aliphatic carbocycles. The highest BCUT2D eigenvalue weighted by atomic mass is 127. The van der Waals surface area contributed by atoms with Crippen LogP contribution in [0.15, 0.2) is 48.5 Å². The number of halogens is 1. The van der Waals surface area contributed by atoms with Gasteiger partial charge in [-0.05, 0) is 72.8 Å². The number of Topliss-reactive ketones (excluding diaryl/α,β-unsaturated/α-hetero) is 1. The number of ether oxygens (including phenoxy) is 1. The van der Waals surface area contributed by atoms with Crippen LogP contribution in [0.5, 0.6) is 5.75 Å². The van der Waals surface area contributed by atoms with Gasteiger partial charge in [-0.15, -0.1) is 0 Å². The molecule has 2 rings (SSSR count). The fourth-order valence-electron chi connectivity index (χ4n) is 1.82. The molecule has 4 nitrogen and oxygen atoms in total. The van der Waals surface area contributed by atoms with E-state index in [-0.39, 0.29) is 11.7 Å². The number of carbonyl (C=O) groups excluding carboxylic acids is 2. The van der Waals surface area contributed by atoms with Crippen LogP contribution >= 0.6 is 22.6 Å². The first kappa shape index (κ1) is 16.5. The van der Waals surface area contributed by atoms with Gasteiger partial charge in [0.25, 0.3) is 5.91 Å². The van der Waals surface area contributed by atoms with E-state index < -0.39 is 6.10 Å². The molecule has 1 amide bonds. The van der Waals surface area contributed by atoms with Gasteiger partial charge in [0, 0.05) is 14.8 Å². The summed E-state index contributed by atoms with van der Waals surface area (Å²) in [5, 5.41) is 2.79. The molecule has 5 heteroatoms. The number of hydrogen-bond donors (Lipinski definition) is 1. The highest BCUT2D eigenvalue weighted by Gasteiger charge is 2.15. The van der Waals surface area contributed by atoms with Crippen LogP contribution in [-0.2, 0) is 4.79 Å². The fraction of sp³-hybridized carbons (Fsp3) is 0.176. The Morgan fingerprint density at radius 1 is 1.14 bits per heavy atom. The number of anilines is 1. The van der Waals surface area contributed by atoms with Crippen molar-refractivity contribution < 1.29 is 14.3 Å². The van der Waals surface area contributed by atoms with Gasteiger partial charge in [-0.2, -0.15) is 0 Å². The van der Waals surface area contributed by atoms with Crippen LogP contribution in [-0.4, -0.2) is 17.8 Å². The maximum absolute atomic E-state index is 12.1. The Hall–Kier alpha value is -1.89. The number of rotatable bonds is 5. The predicted molar refractivity (Wildman–Crippen MR) is 94.3 cm³/mol. The van der Waals surface area contributed by atoms with Crippen LogP contribution in [0.1, 0.15) is 24.2 Å². The lowest BCUT2D eigenvalue weighted by molar-refractivity contribution is -0.122. The van der Waals surface area contributed by atoms with Crippen molar-refractivity contribution in [3.63, 3.8) is 0 Å². The Balaban J connectivity index is 2.00. The van der Waals surface area contributed by atoms with Crippen LogP contribution in [0.4, 0.5) is 5.69 Å². The van der Waals surface area contributed by atoms with Crippen LogP contribution in [0.25, 0.3) is 0 Å². The number of hydrogen-bond acceptors (Lipinski definition) is 3. The minimum atomic E-state index is -0.665. The number of amides is 1. The van der Waals surface area contributed by atoms with Gasteiger partial charge in [-0.1, -0.05) is 12.1 Å². The number of benzene rings is 2. The molecule has 0 saturated carbocycles. The molecular formula is C17H16INO3. The molecular weight excluding hydrogens is 393 g/mol. The van der Waals surface area contributed by atoms with Crippen molar-refractivity contribution in [1.29, 1.82) is 0 Å². The molecule has 0 radical (unpaired) electrons. The number of nitrogens with one attached hydrogen (secondary N) is 1. The summed E-state index contributed by atoms with van der Waals surface area (Å²) in [7, 11) is 0. The SMILES string of the molecule is CC(=O)c1cccc(OC(C)C(=O)Nc2ccc(I)cc2)c1. The monoisotopic (exact) mass is 409 g/mol. The van der Waals surface area contributed by atoms with Gasteiger partial charge in [0.2, 0.25) is 0 Å². The minimum absolute atomic E-state index is 0.0403. The molecule has 2 aromatic carbocycles. The van der Waals surface area contributed by atoms with E-state index in [2.05, 4.69) is 27.9 Å². The third-order valence-corrected chi connectivity index (χ3v) is 3.75. The Morgan fingerprint density at radius 3 is 2.45 bits per heavy atom. The van der Waals surface area contributed by atoms with E-state index in [4.69, 9.17) is 4.74 Å². The summed E-state index contributed by atoms with van der Waals surface area (Å²) in [6.45, 7) is 3.16. The van der Waals surface area contributed by atoms with Gasteiger partial charge in [0.1, 0.15) is 5.75 Å². The second kappa shape index (κ2) is 7.40. The summed E-state index contributed by atoms with van der Waals surface area (Å²) in [6, 6.07) is 14.3. The first-order chi connectivity index (χ1) is 10.5. The molecule has 0 saturated heterocycles. The highest BCUT2D eigenvalue weighted by Crippen LogP contribution is 2.17. The maximum Gasteiger partial charge on any atom is 0.265 e. The van der Waals surface area contributed by atoms with Gasteiger partial charge in [0.15, 0.2) is 11.9 Å². The Bertz CT molecular complexity index is 683. The average Bonchev–Trinajstić information content (AvgIpc) is 2.49. The summed E-state index contributed by atoms with van der Waals surface area (Å²) < 4.78 is 6.70. The van der Waals surface area contributed by atoms with Crippen molar-refractivity contribution in [2.45, 2.75) is 20.0 Å². The Labute approximate surface area is 143 Å². The van der Waals surface area contributed by atoms with Gasteiger partial charge in [0.05, 0.1) is 0 Å². The Morgan fingerprint density at radius 2 is 1.82 bits per heavy atom. The van der Waals surface area contributed by atoms with Crippen molar-refractivity contribution in [2.24, 2.45) is 0 Å². The predicted octanol–water partition coefficient (Wildman–Crippen LogP) is 3.90. The van der Waals surface area contributed by atoms with Crippen molar-refractivity contribution >= 4 is 40.0 Å². The van der Waals surface area contributed by atoms with E-state index in [1.807, 2.05) is 24.3 Å². The van der Waals surface area contributed by atoms with Crippen molar-refractivity contribution in [3.05, 3.63) is 57.7 Å². The molecule has 0 aromatic heterocycles. The lowest BCUT2D eigenvalue weighted by Crippen LogP contribution is -2.30. The molecule has 0 aliphatic heterocycles. The smallest absolute Gasteiger partial charge is 0.265 e. The lowest BCUT2D eigenvalue weighted by atomic mass is 10.1. The zero-order chi connectivity index (χ0) is 16.1. The molecule has 0 spiro atoms. The van der Waals surface area contributed by atoms with Crippen molar-refractivity contribution in [1.82, 2.24) is 0 Å². The molecule has 2 aromatic rings. The van der Waals surface area contributed by atoms with E-state index in [0.29, 0.717) is 11.3 Å². The molecule has 0 heterocycles. The second-order valence-corrected chi connectivity index (χ2v) is 6.09. The van der Waals surface area contributed by atoms with Crippen LogP contribution in [0, 0.1) is 3.57 Å². The van der Waals surface area contributed by atoms with E-state index >= 15 is 0 Å². The molecule has 0 bridgehead atoms. The van der Waals surface area contributed by atoms with Gasteiger partial charge in [-0.25, -0.2) is 0 Å². The minimum Gasteiger partial charge on any atom is -0.481 e. The largest absolute Gasteiger partial charge is 0.481 e. The molecule has 0 fully saturated rings. The maximum atomic E-state index is 12.1. The summed E-state index contributed by atoms with van der Waals surface area (Å²) in [6.07, 6.45) is -0.665. The molecule has 0 aliphatic rings. The average molecular weight is 409 g/mol. The molecule has 1 atom stereocenters. The molecule has 114 valence electrons. The summed E-state index contributed by atoms with van der Waals surface area (Å²) in [5.74, 6) is 0.217. The third kappa shape index (κ3) is 4.56. The molecule has 22 heavy (non-hydrogen) atoms. The Kier molecular flexibility index (Phi) is 5.54. The van der Waals surface area contributed by atoms with Gasteiger partial charge in [-0.3, -0.25) is 9.59 Å². The lowest BCUT2D eigenvalue weighted by Gasteiger charge is -2.15. The van der Waals surface area contributed by atoms with Crippen LogP contribution in [0.2, 0.25) is 0 Å². The highest BCUT2D eigenvalue weighted by molar-refractivity contribution is 14.1. The van der Waals surface area contributed by atoms with E-state index in [1.54, 1.807) is 31.2 Å². The van der Waals surface area contributed by atoms with Crippen molar-refractivity contribution in [3.8, 4) is 5.75 Å². The summed E-state index contributed by atoms with van der Waals surface area (Å²) >= 11 is 2.20. The quantitative estimate of drug-likeness (QED) is 0.602. The zero-order valence-electron chi connectivity index (χ0n) is 12.3. The van der Waals surface area contributed by atoms with E-state index in [1.165, 1.54) is 6.92 Å². The molecule has 1 unspecified atom stereocenters. The van der Waals surface area contributed by atoms with Crippen LogP contribution < -0.4 is 10.1 Å². The topological polar surface area (TPSA) is 55.4 Å². The van der Waals surface area contributed by atoms with Gasteiger partial charge >= 0.3 is 0 Å². The van der Waals surface area contributed by atoms with Crippen LogP contribution in [0.3, 0.4) is 0 Å². The summed E-state index contributed by atoms with van der Waals surface area (Å²) in [4.78, 5) is 23.5. The normalized spacial score (nSPS) is 11.6. The third-order valence-electron chi connectivity index (χ3n) is 3.03. The second-order valence-electron chi connectivity index (χ2n) is 4.84.